The molecule has 0 fully saturated rings. The van der Waals surface area contributed by atoms with Crippen LogP contribution in [-0.4, -0.2) is 20.7 Å². The fraction of sp³-hybridized carbons (Fsp3) is 0.250. The first-order chi connectivity index (χ1) is 8.58. The number of hydrogen-bond acceptors (Lipinski definition) is 3. The van der Waals surface area contributed by atoms with Crippen LogP contribution < -0.4 is 5.32 Å². The van der Waals surface area contributed by atoms with Gasteiger partial charge in [0.25, 0.3) is 5.91 Å². The summed E-state index contributed by atoms with van der Waals surface area (Å²) in [6, 6.07) is 1.35. The molecule has 0 radical (unpaired) electrons. The van der Waals surface area contributed by atoms with Gasteiger partial charge >= 0.3 is 0 Å². The fourth-order valence-corrected chi connectivity index (χ4v) is 1.65. The van der Waals surface area contributed by atoms with Gasteiger partial charge in [-0.15, -0.1) is 0 Å². The second-order valence-electron chi connectivity index (χ2n) is 3.95. The normalized spacial score (nSPS) is 10.4. The van der Waals surface area contributed by atoms with Crippen LogP contribution in [0.4, 0.5) is 4.39 Å². The summed E-state index contributed by atoms with van der Waals surface area (Å²) >= 11 is 0. The molecule has 0 saturated carbocycles. The Hall–Kier alpha value is -2.24. The first-order valence-corrected chi connectivity index (χ1v) is 5.44. The number of carbonyl (C=O) groups is 1. The molecule has 1 N–H and O–H groups in total. The highest BCUT2D eigenvalue weighted by molar-refractivity contribution is 5.94. The average molecular weight is 248 g/mol. The largest absolute Gasteiger partial charge is 0.348 e. The second kappa shape index (κ2) is 4.95. The van der Waals surface area contributed by atoms with Crippen LogP contribution in [0.15, 0.2) is 24.7 Å². The number of aryl methyl sites for hydroxylation is 2. The van der Waals surface area contributed by atoms with Gasteiger partial charge in [-0.2, -0.15) is 5.10 Å². The molecule has 1 amide bonds. The van der Waals surface area contributed by atoms with E-state index in [4.69, 9.17) is 0 Å². The van der Waals surface area contributed by atoms with Crippen molar-refractivity contribution in [3.63, 3.8) is 0 Å². The molecular weight excluding hydrogens is 235 g/mol. The van der Waals surface area contributed by atoms with Crippen LogP contribution in [0.5, 0.6) is 0 Å². The standard InChI is InChI=1S/C12H13FN4O/c1-8-9(7-17(2)16-8)5-15-12(18)10-3-4-14-6-11(10)13/h3-4,6-7H,5H2,1-2H3,(H,15,18). The Labute approximate surface area is 104 Å². The molecule has 2 rings (SSSR count). The zero-order valence-corrected chi connectivity index (χ0v) is 10.1. The van der Waals surface area contributed by atoms with Crippen molar-refractivity contribution in [3.05, 3.63) is 47.3 Å². The maximum absolute atomic E-state index is 13.3. The monoisotopic (exact) mass is 248 g/mol. The van der Waals surface area contributed by atoms with Gasteiger partial charge in [0.2, 0.25) is 0 Å². The summed E-state index contributed by atoms with van der Waals surface area (Å²) in [6.45, 7) is 2.18. The van der Waals surface area contributed by atoms with Crippen LogP contribution in [0, 0.1) is 12.7 Å². The minimum absolute atomic E-state index is 0.00783. The molecule has 94 valence electrons. The van der Waals surface area contributed by atoms with E-state index < -0.39 is 11.7 Å². The molecule has 0 saturated heterocycles. The third kappa shape index (κ3) is 2.53. The van der Waals surface area contributed by atoms with E-state index in [0.717, 1.165) is 17.5 Å². The SMILES string of the molecule is Cc1nn(C)cc1CNC(=O)c1ccncc1F. The minimum atomic E-state index is -0.627. The van der Waals surface area contributed by atoms with E-state index >= 15 is 0 Å². The van der Waals surface area contributed by atoms with E-state index in [1.165, 1.54) is 12.3 Å². The topological polar surface area (TPSA) is 59.8 Å². The predicted molar refractivity (Wildman–Crippen MR) is 63.3 cm³/mol. The Kier molecular flexibility index (Phi) is 3.36. The van der Waals surface area contributed by atoms with Gasteiger partial charge in [0.1, 0.15) is 0 Å². The van der Waals surface area contributed by atoms with Crippen molar-refractivity contribution in [2.24, 2.45) is 7.05 Å². The molecule has 0 atom stereocenters. The molecule has 6 heteroatoms. The lowest BCUT2D eigenvalue weighted by Crippen LogP contribution is -2.24. The Morgan fingerprint density at radius 1 is 1.56 bits per heavy atom. The summed E-state index contributed by atoms with van der Waals surface area (Å²) < 4.78 is 15.0. The molecule has 0 aliphatic heterocycles. The highest BCUT2D eigenvalue weighted by Gasteiger charge is 2.11. The summed E-state index contributed by atoms with van der Waals surface area (Å²) in [6.07, 6.45) is 4.22. The summed E-state index contributed by atoms with van der Waals surface area (Å²) in [4.78, 5) is 15.3. The number of amides is 1. The Balaban J connectivity index is 2.05. The van der Waals surface area contributed by atoms with Gasteiger partial charge in [0.05, 0.1) is 17.5 Å². The van der Waals surface area contributed by atoms with Crippen molar-refractivity contribution < 1.29 is 9.18 Å². The Morgan fingerprint density at radius 3 is 2.94 bits per heavy atom. The third-order valence-electron chi connectivity index (χ3n) is 2.57. The highest BCUT2D eigenvalue weighted by atomic mass is 19.1. The first kappa shape index (κ1) is 12.2. The van der Waals surface area contributed by atoms with Gasteiger partial charge < -0.3 is 5.32 Å². The first-order valence-electron chi connectivity index (χ1n) is 5.44. The number of nitrogens with zero attached hydrogens (tertiary/aromatic N) is 3. The molecule has 2 heterocycles. The van der Waals surface area contributed by atoms with Crippen LogP contribution in [0.25, 0.3) is 0 Å². The molecule has 0 aliphatic carbocycles. The molecule has 2 aromatic rings. The van der Waals surface area contributed by atoms with Crippen molar-refractivity contribution in [1.29, 1.82) is 0 Å². The number of aromatic nitrogens is 3. The summed E-state index contributed by atoms with van der Waals surface area (Å²) in [7, 11) is 1.81. The van der Waals surface area contributed by atoms with E-state index in [-0.39, 0.29) is 5.56 Å². The lowest BCUT2D eigenvalue weighted by molar-refractivity contribution is 0.0946. The molecule has 5 nitrogen and oxygen atoms in total. The van der Waals surface area contributed by atoms with Crippen LogP contribution >= 0.6 is 0 Å². The quantitative estimate of drug-likeness (QED) is 0.887. The summed E-state index contributed by atoms with van der Waals surface area (Å²) in [5, 5.41) is 6.81. The molecule has 0 unspecified atom stereocenters. The highest BCUT2D eigenvalue weighted by Crippen LogP contribution is 2.07. The smallest absolute Gasteiger partial charge is 0.254 e. The van der Waals surface area contributed by atoms with Gasteiger partial charge in [-0.3, -0.25) is 14.5 Å². The molecular formula is C12H13FN4O. The van der Waals surface area contributed by atoms with Crippen LogP contribution in [0.1, 0.15) is 21.6 Å². The fourth-order valence-electron chi connectivity index (χ4n) is 1.65. The number of halogens is 1. The zero-order chi connectivity index (χ0) is 13.1. The van der Waals surface area contributed by atoms with E-state index in [9.17, 15) is 9.18 Å². The third-order valence-corrected chi connectivity index (χ3v) is 2.57. The summed E-state index contributed by atoms with van der Waals surface area (Å²) in [5.74, 6) is -1.09. The number of hydrogen-bond donors (Lipinski definition) is 1. The van der Waals surface area contributed by atoms with E-state index in [1.54, 1.807) is 11.7 Å². The predicted octanol–water partition coefficient (Wildman–Crippen LogP) is 1.19. The lowest BCUT2D eigenvalue weighted by Gasteiger charge is -2.04. The maximum Gasteiger partial charge on any atom is 0.254 e. The van der Waals surface area contributed by atoms with Gasteiger partial charge in [-0.05, 0) is 13.0 Å². The van der Waals surface area contributed by atoms with E-state index in [1.807, 2.05) is 13.1 Å². The van der Waals surface area contributed by atoms with Gasteiger partial charge in [-0.1, -0.05) is 0 Å². The van der Waals surface area contributed by atoms with Crippen molar-refractivity contribution in [2.75, 3.05) is 0 Å². The molecule has 2 aromatic heterocycles. The lowest BCUT2D eigenvalue weighted by atomic mass is 10.2. The molecule has 18 heavy (non-hydrogen) atoms. The van der Waals surface area contributed by atoms with E-state index in [2.05, 4.69) is 15.4 Å². The van der Waals surface area contributed by atoms with Crippen LogP contribution in [0.2, 0.25) is 0 Å². The molecule has 0 spiro atoms. The molecule has 0 aliphatic rings. The Bertz CT molecular complexity index is 579. The Morgan fingerprint density at radius 2 is 2.33 bits per heavy atom. The zero-order valence-electron chi connectivity index (χ0n) is 10.1. The number of nitrogens with one attached hydrogen (secondary N) is 1. The molecule has 0 bridgehead atoms. The minimum Gasteiger partial charge on any atom is -0.348 e. The average Bonchev–Trinajstić information content (AvgIpc) is 2.65. The van der Waals surface area contributed by atoms with Crippen molar-refractivity contribution in [3.8, 4) is 0 Å². The van der Waals surface area contributed by atoms with E-state index in [0.29, 0.717) is 6.54 Å². The maximum atomic E-state index is 13.3. The molecule has 0 aromatic carbocycles. The van der Waals surface area contributed by atoms with Crippen molar-refractivity contribution in [2.45, 2.75) is 13.5 Å². The number of pyridine rings is 1. The van der Waals surface area contributed by atoms with Gasteiger partial charge in [0, 0.05) is 31.5 Å². The van der Waals surface area contributed by atoms with Crippen molar-refractivity contribution >= 4 is 5.91 Å². The number of rotatable bonds is 3. The van der Waals surface area contributed by atoms with Gasteiger partial charge in [0.15, 0.2) is 5.82 Å². The van der Waals surface area contributed by atoms with Crippen molar-refractivity contribution in [1.82, 2.24) is 20.1 Å². The van der Waals surface area contributed by atoms with Gasteiger partial charge in [-0.25, -0.2) is 4.39 Å². The second-order valence-corrected chi connectivity index (χ2v) is 3.95. The summed E-state index contributed by atoms with van der Waals surface area (Å²) in [5.41, 5.74) is 1.74. The van der Waals surface area contributed by atoms with Crippen LogP contribution in [0.3, 0.4) is 0 Å². The van der Waals surface area contributed by atoms with Crippen LogP contribution in [-0.2, 0) is 13.6 Å². The number of carbonyl (C=O) groups excluding carboxylic acids is 1.